The largest absolute Gasteiger partial charge is 0.379 e. The number of nitrogens with zero attached hydrogens (tertiary/aromatic N) is 2. The number of ether oxygens (including phenoxy) is 3. The minimum absolute atomic E-state index is 0.329. The third-order valence-corrected chi connectivity index (χ3v) is 4.48. The predicted molar refractivity (Wildman–Crippen MR) is 63.8 cm³/mol. The van der Waals surface area contributed by atoms with Gasteiger partial charge in [0.25, 0.3) is 0 Å². The van der Waals surface area contributed by atoms with E-state index < -0.39 is 0 Å². The average Bonchev–Trinajstić information content (AvgIpc) is 2.90. The van der Waals surface area contributed by atoms with Crippen LogP contribution in [-0.2, 0) is 14.2 Å². The Labute approximate surface area is 108 Å². The summed E-state index contributed by atoms with van der Waals surface area (Å²) < 4.78 is 16.8. The van der Waals surface area contributed by atoms with Crippen LogP contribution in [0, 0.1) is 11.3 Å². The van der Waals surface area contributed by atoms with Crippen LogP contribution < -0.4 is 0 Å². The van der Waals surface area contributed by atoms with Crippen LogP contribution in [0.2, 0.25) is 0 Å². The highest BCUT2D eigenvalue weighted by Gasteiger charge is 2.49. The summed E-state index contributed by atoms with van der Waals surface area (Å²) >= 11 is 0. The molecular weight excluding hydrogens is 232 g/mol. The first kappa shape index (κ1) is 12.4. The fraction of sp³-hybridized carbons (Fsp3) is 0.923. The number of nitriles is 1. The topological polar surface area (TPSA) is 54.7 Å². The van der Waals surface area contributed by atoms with Gasteiger partial charge in [0.15, 0.2) is 5.79 Å². The van der Waals surface area contributed by atoms with Crippen molar-refractivity contribution in [1.29, 1.82) is 5.26 Å². The van der Waals surface area contributed by atoms with E-state index in [9.17, 15) is 5.26 Å². The molecule has 0 atom stereocenters. The molecule has 0 aromatic carbocycles. The van der Waals surface area contributed by atoms with Crippen molar-refractivity contribution in [3.63, 3.8) is 0 Å². The molecule has 100 valence electrons. The molecule has 0 aromatic heterocycles. The first-order valence-corrected chi connectivity index (χ1v) is 6.81. The van der Waals surface area contributed by atoms with Gasteiger partial charge in [0, 0.05) is 25.9 Å². The lowest BCUT2D eigenvalue weighted by Crippen LogP contribution is -2.56. The smallest absolute Gasteiger partial charge is 0.168 e. The number of hydrogen-bond donors (Lipinski definition) is 0. The monoisotopic (exact) mass is 252 g/mol. The van der Waals surface area contributed by atoms with Crippen LogP contribution in [0.5, 0.6) is 0 Å². The fourth-order valence-electron chi connectivity index (χ4n) is 3.32. The van der Waals surface area contributed by atoms with E-state index in [-0.39, 0.29) is 11.3 Å². The zero-order chi connectivity index (χ0) is 12.5. The molecule has 0 aromatic rings. The Morgan fingerprint density at radius 3 is 2.06 bits per heavy atom. The molecule has 3 rings (SSSR count). The molecule has 18 heavy (non-hydrogen) atoms. The van der Waals surface area contributed by atoms with Gasteiger partial charge in [0.2, 0.25) is 0 Å². The standard InChI is InChI=1S/C13H20N2O3/c14-11-12(15-5-7-16-8-6-15)1-3-13(4-2-12)17-9-10-18-13/h1-10H2. The van der Waals surface area contributed by atoms with E-state index in [0.29, 0.717) is 13.2 Å². The molecule has 2 saturated heterocycles. The summed E-state index contributed by atoms with van der Waals surface area (Å²) in [7, 11) is 0. The Morgan fingerprint density at radius 2 is 1.50 bits per heavy atom. The zero-order valence-electron chi connectivity index (χ0n) is 10.7. The highest BCUT2D eigenvalue weighted by molar-refractivity contribution is 5.12. The van der Waals surface area contributed by atoms with Gasteiger partial charge in [-0.25, -0.2) is 0 Å². The lowest BCUT2D eigenvalue weighted by Gasteiger charge is -2.46. The van der Waals surface area contributed by atoms with Gasteiger partial charge in [-0.05, 0) is 12.8 Å². The molecule has 5 heteroatoms. The van der Waals surface area contributed by atoms with E-state index in [1.807, 2.05) is 0 Å². The minimum atomic E-state index is -0.382. The van der Waals surface area contributed by atoms with Gasteiger partial charge in [0.05, 0.1) is 32.5 Å². The second-order valence-electron chi connectivity index (χ2n) is 5.35. The molecule has 3 aliphatic rings. The Morgan fingerprint density at radius 1 is 0.889 bits per heavy atom. The quantitative estimate of drug-likeness (QED) is 0.694. The van der Waals surface area contributed by atoms with Crippen LogP contribution in [0.25, 0.3) is 0 Å². The number of morpholine rings is 1. The summed E-state index contributed by atoms with van der Waals surface area (Å²) in [6.07, 6.45) is 3.34. The summed E-state index contributed by atoms with van der Waals surface area (Å²) in [4.78, 5) is 2.29. The molecule has 3 fully saturated rings. The maximum Gasteiger partial charge on any atom is 0.168 e. The molecule has 0 radical (unpaired) electrons. The Hall–Kier alpha value is -0.670. The molecule has 2 heterocycles. The van der Waals surface area contributed by atoms with Crippen LogP contribution in [0.3, 0.4) is 0 Å². The van der Waals surface area contributed by atoms with Crippen LogP contribution >= 0.6 is 0 Å². The van der Waals surface area contributed by atoms with Gasteiger partial charge in [-0.3, -0.25) is 4.90 Å². The van der Waals surface area contributed by atoms with Crippen molar-refractivity contribution in [2.45, 2.75) is 37.0 Å². The van der Waals surface area contributed by atoms with Crippen LogP contribution in [0.1, 0.15) is 25.7 Å². The molecule has 1 spiro atoms. The van der Waals surface area contributed by atoms with E-state index in [1.165, 1.54) is 0 Å². The molecule has 0 unspecified atom stereocenters. The van der Waals surface area contributed by atoms with Crippen molar-refractivity contribution in [2.75, 3.05) is 39.5 Å². The Bertz CT molecular complexity index is 331. The van der Waals surface area contributed by atoms with Gasteiger partial charge in [-0.2, -0.15) is 5.26 Å². The summed E-state index contributed by atoms with van der Waals surface area (Å²) in [6, 6.07) is 2.55. The van der Waals surface area contributed by atoms with Gasteiger partial charge < -0.3 is 14.2 Å². The molecule has 1 saturated carbocycles. The molecule has 0 amide bonds. The minimum Gasteiger partial charge on any atom is -0.379 e. The summed E-state index contributed by atoms with van der Waals surface area (Å²) in [5, 5.41) is 9.61. The van der Waals surface area contributed by atoms with E-state index >= 15 is 0 Å². The van der Waals surface area contributed by atoms with Gasteiger partial charge >= 0.3 is 0 Å². The molecule has 0 N–H and O–H groups in total. The Balaban J connectivity index is 1.69. The highest BCUT2D eigenvalue weighted by atomic mass is 16.7. The predicted octanol–water partition coefficient (Wildman–Crippen LogP) is 0.898. The second-order valence-corrected chi connectivity index (χ2v) is 5.35. The lowest BCUT2D eigenvalue weighted by molar-refractivity contribution is -0.191. The third-order valence-electron chi connectivity index (χ3n) is 4.48. The molecular formula is C13H20N2O3. The molecule has 0 bridgehead atoms. The van der Waals surface area contributed by atoms with Gasteiger partial charge in [-0.1, -0.05) is 0 Å². The molecule has 1 aliphatic carbocycles. The summed E-state index contributed by atoms with van der Waals surface area (Å²) in [5.41, 5.74) is -0.329. The van der Waals surface area contributed by atoms with Crippen molar-refractivity contribution in [2.24, 2.45) is 0 Å². The highest BCUT2D eigenvalue weighted by Crippen LogP contribution is 2.42. The average molecular weight is 252 g/mol. The molecule has 5 nitrogen and oxygen atoms in total. The number of rotatable bonds is 1. The van der Waals surface area contributed by atoms with Crippen molar-refractivity contribution in [1.82, 2.24) is 4.90 Å². The van der Waals surface area contributed by atoms with Crippen molar-refractivity contribution in [3.8, 4) is 6.07 Å². The lowest BCUT2D eigenvalue weighted by atomic mass is 9.78. The SMILES string of the molecule is N#CC1(N2CCOCC2)CCC2(CC1)OCCO2. The van der Waals surface area contributed by atoms with E-state index in [2.05, 4.69) is 11.0 Å². The van der Waals surface area contributed by atoms with E-state index in [0.717, 1.165) is 52.0 Å². The first-order chi connectivity index (χ1) is 8.79. The van der Waals surface area contributed by atoms with Crippen LogP contribution in [0.4, 0.5) is 0 Å². The third kappa shape index (κ3) is 2.04. The van der Waals surface area contributed by atoms with Gasteiger partial charge in [-0.15, -0.1) is 0 Å². The number of hydrogen-bond acceptors (Lipinski definition) is 5. The fourth-order valence-corrected chi connectivity index (χ4v) is 3.32. The van der Waals surface area contributed by atoms with Crippen LogP contribution in [0.15, 0.2) is 0 Å². The summed E-state index contributed by atoms with van der Waals surface area (Å²) in [5.74, 6) is -0.382. The second kappa shape index (κ2) is 4.78. The van der Waals surface area contributed by atoms with E-state index in [4.69, 9.17) is 14.2 Å². The summed E-state index contributed by atoms with van der Waals surface area (Å²) in [6.45, 7) is 4.59. The maximum absolute atomic E-state index is 9.61. The normalized spacial score (nSPS) is 31.3. The van der Waals surface area contributed by atoms with Crippen molar-refractivity contribution in [3.05, 3.63) is 0 Å². The van der Waals surface area contributed by atoms with Gasteiger partial charge in [0.1, 0.15) is 5.54 Å². The van der Waals surface area contributed by atoms with E-state index in [1.54, 1.807) is 0 Å². The molecule has 2 aliphatic heterocycles. The zero-order valence-corrected chi connectivity index (χ0v) is 10.7. The Kier molecular flexibility index (Phi) is 3.29. The maximum atomic E-state index is 9.61. The van der Waals surface area contributed by atoms with Crippen LogP contribution in [-0.4, -0.2) is 55.7 Å². The first-order valence-electron chi connectivity index (χ1n) is 6.81. The van der Waals surface area contributed by atoms with Crippen molar-refractivity contribution >= 4 is 0 Å². The van der Waals surface area contributed by atoms with Crippen molar-refractivity contribution < 1.29 is 14.2 Å².